The van der Waals surface area contributed by atoms with Gasteiger partial charge in [-0.25, -0.2) is 4.79 Å². The summed E-state index contributed by atoms with van der Waals surface area (Å²) in [7, 11) is -1.48. The van der Waals surface area contributed by atoms with Crippen LogP contribution in [0.4, 0.5) is 4.79 Å². The van der Waals surface area contributed by atoms with Crippen LogP contribution in [0.2, 0.25) is 0 Å². The molecule has 1 atom stereocenters. The minimum atomic E-state index is -1.48. The molecule has 0 spiro atoms. The highest BCUT2D eigenvalue weighted by Crippen LogP contribution is 2.19. The monoisotopic (exact) mass is 307 g/mol. The van der Waals surface area contributed by atoms with Gasteiger partial charge >= 0.3 is 13.2 Å². The fraction of sp³-hybridized carbons (Fsp3) is 0.533. The molecule has 1 aromatic carbocycles. The van der Waals surface area contributed by atoms with E-state index in [1.165, 1.54) is 0 Å². The topological polar surface area (TPSA) is 79.2 Å². The zero-order chi connectivity index (χ0) is 16.3. The molecule has 0 aliphatic carbocycles. The summed E-state index contributed by atoms with van der Waals surface area (Å²) in [5, 5.41) is 18.1. The molecule has 1 fully saturated rings. The molecule has 1 heterocycles. The van der Waals surface area contributed by atoms with Crippen molar-refractivity contribution in [2.75, 3.05) is 13.1 Å². The second-order valence-electron chi connectivity index (χ2n) is 6.40. The maximum atomic E-state index is 12.0. The average molecular weight is 307 g/mol. The quantitative estimate of drug-likeness (QED) is 0.806. The van der Waals surface area contributed by atoms with Gasteiger partial charge in [0.2, 0.25) is 0 Å². The summed E-state index contributed by atoms with van der Waals surface area (Å²) in [5.74, 6) is 0.639. The molecule has 6 nitrogen and oxygen atoms in total. The summed E-state index contributed by atoms with van der Waals surface area (Å²) in [6.45, 7) is 6.61. The Bertz CT molecular complexity index is 512. The highest BCUT2D eigenvalue weighted by molar-refractivity contribution is 6.58. The average Bonchev–Trinajstić information content (AvgIpc) is 2.86. The van der Waals surface area contributed by atoms with E-state index in [9.17, 15) is 4.79 Å². The zero-order valence-corrected chi connectivity index (χ0v) is 13.2. The Morgan fingerprint density at radius 1 is 1.27 bits per heavy atom. The predicted molar refractivity (Wildman–Crippen MR) is 83.1 cm³/mol. The van der Waals surface area contributed by atoms with E-state index >= 15 is 0 Å². The van der Waals surface area contributed by atoms with Gasteiger partial charge in [0.05, 0.1) is 6.54 Å². The van der Waals surface area contributed by atoms with Crippen molar-refractivity contribution in [1.29, 1.82) is 0 Å². The van der Waals surface area contributed by atoms with E-state index in [4.69, 9.17) is 19.5 Å². The minimum absolute atomic E-state index is 0.0857. The minimum Gasteiger partial charge on any atom is -0.489 e. The van der Waals surface area contributed by atoms with Crippen LogP contribution < -0.4 is 10.2 Å². The van der Waals surface area contributed by atoms with Crippen molar-refractivity contribution < 1.29 is 24.3 Å². The highest BCUT2D eigenvalue weighted by Gasteiger charge is 2.30. The van der Waals surface area contributed by atoms with Gasteiger partial charge in [-0.15, -0.1) is 0 Å². The molecule has 0 radical (unpaired) electrons. The first-order valence-electron chi connectivity index (χ1n) is 7.35. The summed E-state index contributed by atoms with van der Waals surface area (Å²) in [6.07, 6.45) is 0.332. The van der Waals surface area contributed by atoms with Crippen LogP contribution in [0.3, 0.4) is 0 Å². The van der Waals surface area contributed by atoms with E-state index < -0.39 is 12.7 Å². The molecular formula is C15H22BNO5. The van der Waals surface area contributed by atoms with Crippen LogP contribution in [0, 0.1) is 0 Å². The molecule has 1 amide bonds. The maximum absolute atomic E-state index is 12.0. The van der Waals surface area contributed by atoms with Crippen molar-refractivity contribution in [3.8, 4) is 5.75 Å². The number of hydrogen-bond acceptors (Lipinski definition) is 5. The SMILES string of the molecule is CC(C)(C)OC(=O)N1CCC(Oc2ccc(B(O)O)cc2)C1. The van der Waals surface area contributed by atoms with E-state index in [1.807, 2.05) is 20.8 Å². The molecule has 120 valence electrons. The number of hydrogen-bond donors (Lipinski definition) is 2. The number of carbonyl (C=O) groups is 1. The van der Waals surface area contributed by atoms with Crippen LogP contribution in [-0.2, 0) is 4.74 Å². The van der Waals surface area contributed by atoms with E-state index in [-0.39, 0.29) is 12.2 Å². The lowest BCUT2D eigenvalue weighted by atomic mass is 9.80. The van der Waals surface area contributed by atoms with Gasteiger partial charge in [-0.05, 0) is 38.4 Å². The number of likely N-dealkylation sites (tertiary alicyclic amines) is 1. The van der Waals surface area contributed by atoms with Gasteiger partial charge in [0.25, 0.3) is 0 Å². The van der Waals surface area contributed by atoms with Gasteiger partial charge in [0.15, 0.2) is 0 Å². The maximum Gasteiger partial charge on any atom is 0.488 e. The number of nitrogens with zero attached hydrogens (tertiary/aromatic N) is 1. The third kappa shape index (κ3) is 4.64. The van der Waals surface area contributed by atoms with Crippen molar-refractivity contribution in [3.63, 3.8) is 0 Å². The summed E-state index contributed by atoms with van der Waals surface area (Å²) >= 11 is 0. The molecule has 2 rings (SSSR count). The first kappa shape index (κ1) is 16.6. The van der Waals surface area contributed by atoms with Crippen molar-refractivity contribution in [3.05, 3.63) is 24.3 Å². The number of benzene rings is 1. The molecule has 22 heavy (non-hydrogen) atoms. The lowest BCUT2D eigenvalue weighted by Crippen LogP contribution is -2.36. The Morgan fingerprint density at radius 2 is 1.91 bits per heavy atom. The summed E-state index contributed by atoms with van der Waals surface area (Å²) < 4.78 is 11.1. The molecule has 0 saturated carbocycles. The van der Waals surface area contributed by atoms with Crippen LogP contribution in [0.25, 0.3) is 0 Å². The van der Waals surface area contributed by atoms with Crippen LogP contribution >= 0.6 is 0 Å². The first-order valence-corrected chi connectivity index (χ1v) is 7.35. The van der Waals surface area contributed by atoms with E-state index in [1.54, 1.807) is 29.2 Å². The lowest BCUT2D eigenvalue weighted by Gasteiger charge is -2.24. The second kappa shape index (κ2) is 6.58. The van der Waals surface area contributed by atoms with Crippen molar-refractivity contribution in [1.82, 2.24) is 4.90 Å². The summed E-state index contributed by atoms with van der Waals surface area (Å²) in [6, 6.07) is 6.57. The molecule has 1 unspecified atom stereocenters. The van der Waals surface area contributed by atoms with Crippen molar-refractivity contribution in [2.24, 2.45) is 0 Å². The van der Waals surface area contributed by atoms with E-state index in [2.05, 4.69) is 0 Å². The first-order chi connectivity index (χ1) is 10.2. The largest absolute Gasteiger partial charge is 0.489 e. The van der Waals surface area contributed by atoms with Gasteiger partial charge < -0.3 is 24.4 Å². The predicted octanol–water partition coefficient (Wildman–Crippen LogP) is 0.755. The fourth-order valence-electron chi connectivity index (χ4n) is 2.23. The van der Waals surface area contributed by atoms with Crippen LogP contribution in [-0.4, -0.2) is 53.0 Å². The van der Waals surface area contributed by atoms with Crippen LogP contribution in [0.5, 0.6) is 5.75 Å². The molecular weight excluding hydrogens is 285 g/mol. The number of amides is 1. The smallest absolute Gasteiger partial charge is 0.488 e. The second-order valence-corrected chi connectivity index (χ2v) is 6.40. The van der Waals surface area contributed by atoms with Crippen molar-refractivity contribution in [2.45, 2.75) is 38.9 Å². The molecule has 0 aromatic heterocycles. The van der Waals surface area contributed by atoms with Gasteiger partial charge in [-0.2, -0.15) is 0 Å². The summed E-state index contributed by atoms with van der Waals surface area (Å²) in [5.41, 5.74) is -0.0917. The molecule has 1 aromatic rings. The van der Waals surface area contributed by atoms with Gasteiger partial charge in [0.1, 0.15) is 17.5 Å². The van der Waals surface area contributed by atoms with Crippen LogP contribution in [0.1, 0.15) is 27.2 Å². The van der Waals surface area contributed by atoms with Crippen molar-refractivity contribution >= 4 is 18.7 Å². The van der Waals surface area contributed by atoms with E-state index in [0.717, 1.165) is 6.42 Å². The number of ether oxygens (including phenoxy) is 2. The molecule has 1 saturated heterocycles. The highest BCUT2D eigenvalue weighted by atomic mass is 16.6. The molecule has 2 N–H and O–H groups in total. The zero-order valence-electron chi connectivity index (χ0n) is 13.2. The third-order valence-electron chi connectivity index (χ3n) is 3.28. The van der Waals surface area contributed by atoms with E-state index in [0.29, 0.717) is 24.3 Å². The van der Waals surface area contributed by atoms with Crippen LogP contribution in [0.15, 0.2) is 24.3 Å². The Morgan fingerprint density at radius 3 is 2.45 bits per heavy atom. The van der Waals surface area contributed by atoms with Gasteiger partial charge in [-0.3, -0.25) is 0 Å². The number of carbonyl (C=O) groups excluding carboxylic acids is 1. The molecule has 0 bridgehead atoms. The molecule has 7 heteroatoms. The molecule has 1 aliphatic rings. The van der Waals surface area contributed by atoms with Gasteiger partial charge in [-0.1, -0.05) is 12.1 Å². The fourth-order valence-corrected chi connectivity index (χ4v) is 2.23. The summed E-state index contributed by atoms with van der Waals surface area (Å²) in [4.78, 5) is 13.6. The Kier molecular flexibility index (Phi) is 4.98. The Balaban J connectivity index is 1.87. The Hall–Kier alpha value is -1.73. The normalized spacial score (nSPS) is 18.2. The Labute approximate surface area is 130 Å². The lowest BCUT2D eigenvalue weighted by molar-refractivity contribution is 0.0275. The number of rotatable bonds is 3. The molecule has 1 aliphatic heterocycles. The third-order valence-corrected chi connectivity index (χ3v) is 3.28. The standard InChI is InChI=1S/C15H22BNO5/c1-15(2,3)22-14(18)17-9-8-13(10-17)21-12-6-4-11(5-7-12)16(19)20/h4-7,13,19-20H,8-10H2,1-3H3. The van der Waals surface area contributed by atoms with Gasteiger partial charge in [0, 0.05) is 13.0 Å².